The number of rotatable bonds is 2. The van der Waals surface area contributed by atoms with Crippen LogP contribution in [-0.4, -0.2) is 26.2 Å². The molecule has 0 aromatic rings. The fraction of sp³-hybridized carbons (Fsp3) is 1.00. The first-order valence-electron chi connectivity index (χ1n) is 2.54. The molecule has 0 aliphatic heterocycles. The Balaban J connectivity index is 2.32. The molecule has 1 atom stereocenters. The van der Waals surface area contributed by atoms with E-state index < -0.39 is 11.3 Å². The summed E-state index contributed by atoms with van der Waals surface area (Å²) in [5.41, 5.74) is 0. The molecule has 1 unspecified atom stereocenters. The van der Waals surface area contributed by atoms with E-state index in [9.17, 15) is 8.76 Å². The zero-order valence-corrected chi connectivity index (χ0v) is 5.48. The zero-order chi connectivity index (χ0) is 6.15. The number of hydrogen-bond acceptors (Lipinski definition) is 2. The molecule has 0 N–H and O–H groups in total. The zero-order valence-electron chi connectivity index (χ0n) is 4.66. The molecule has 0 aromatic heterocycles. The van der Waals surface area contributed by atoms with Gasteiger partial charge in [-0.3, -0.25) is 4.21 Å². The Morgan fingerprint density at radius 2 is 2.25 bits per heavy atom. The standard InChI is InChI=1S/C4H9NO2S/c1-5(8(6)7)4-2-3-4/h4H,2-3H2,1H3,(H,6,7)/p-1. The molecule has 48 valence electrons. The van der Waals surface area contributed by atoms with Gasteiger partial charge in [0.15, 0.2) is 0 Å². The highest BCUT2D eigenvalue weighted by molar-refractivity contribution is 7.76. The average molecular weight is 134 g/mol. The lowest BCUT2D eigenvalue weighted by Crippen LogP contribution is -2.22. The van der Waals surface area contributed by atoms with Crippen molar-refractivity contribution in [2.75, 3.05) is 7.05 Å². The van der Waals surface area contributed by atoms with Gasteiger partial charge in [0.05, 0.1) is 0 Å². The SMILES string of the molecule is CN(C1CC1)S(=O)[O-]. The van der Waals surface area contributed by atoms with Gasteiger partial charge in [-0.05, 0) is 19.9 Å². The molecule has 1 fully saturated rings. The van der Waals surface area contributed by atoms with Crippen LogP contribution in [0.1, 0.15) is 12.8 Å². The van der Waals surface area contributed by atoms with Gasteiger partial charge in [-0.1, -0.05) is 0 Å². The molecule has 1 saturated carbocycles. The Kier molecular flexibility index (Phi) is 1.65. The van der Waals surface area contributed by atoms with Crippen molar-refractivity contribution in [3.63, 3.8) is 0 Å². The molecule has 0 radical (unpaired) electrons. The predicted octanol–water partition coefficient (Wildman–Crippen LogP) is -0.125. The van der Waals surface area contributed by atoms with Gasteiger partial charge in [0, 0.05) is 17.3 Å². The molecular formula is C4H8NO2S-. The summed E-state index contributed by atoms with van der Waals surface area (Å²) in [5.74, 6) is 0. The first kappa shape index (κ1) is 6.19. The van der Waals surface area contributed by atoms with Crippen molar-refractivity contribution in [3.8, 4) is 0 Å². The normalized spacial score (nSPS) is 23.9. The van der Waals surface area contributed by atoms with Crippen molar-refractivity contribution in [2.24, 2.45) is 0 Å². The summed E-state index contributed by atoms with van der Waals surface area (Å²) in [6, 6.07) is 0.313. The van der Waals surface area contributed by atoms with Gasteiger partial charge >= 0.3 is 0 Å². The van der Waals surface area contributed by atoms with Gasteiger partial charge in [0.2, 0.25) is 0 Å². The summed E-state index contributed by atoms with van der Waals surface area (Å²) in [7, 11) is 1.60. The van der Waals surface area contributed by atoms with Crippen LogP contribution in [0.2, 0.25) is 0 Å². The first-order chi connectivity index (χ1) is 3.72. The highest BCUT2D eigenvalue weighted by Gasteiger charge is 2.26. The second-order valence-corrected chi connectivity index (χ2v) is 3.00. The molecule has 0 spiro atoms. The van der Waals surface area contributed by atoms with Crippen LogP contribution in [0.5, 0.6) is 0 Å². The van der Waals surface area contributed by atoms with E-state index in [1.165, 1.54) is 4.31 Å². The van der Waals surface area contributed by atoms with E-state index in [1.807, 2.05) is 0 Å². The maximum atomic E-state index is 10.1. The summed E-state index contributed by atoms with van der Waals surface area (Å²) in [4.78, 5) is 0. The molecule has 0 amide bonds. The van der Waals surface area contributed by atoms with Crippen LogP contribution in [-0.2, 0) is 11.3 Å². The second kappa shape index (κ2) is 2.13. The van der Waals surface area contributed by atoms with Crippen LogP contribution < -0.4 is 0 Å². The smallest absolute Gasteiger partial charge is 0.0213 e. The maximum absolute atomic E-state index is 10.1. The summed E-state index contributed by atoms with van der Waals surface area (Å²) in [6.07, 6.45) is 2.06. The number of nitrogens with zero attached hydrogens (tertiary/aromatic N) is 1. The van der Waals surface area contributed by atoms with Gasteiger partial charge in [-0.2, -0.15) is 0 Å². The highest BCUT2D eigenvalue weighted by atomic mass is 32.2. The third-order valence-corrected chi connectivity index (χ3v) is 2.06. The summed E-state index contributed by atoms with van der Waals surface area (Å²) in [5, 5.41) is 0. The lowest BCUT2D eigenvalue weighted by Gasteiger charge is -2.17. The maximum Gasteiger partial charge on any atom is 0.0213 e. The third-order valence-electron chi connectivity index (χ3n) is 1.30. The van der Waals surface area contributed by atoms with Crippen molar-refractivity contribution in [2.45, 2.75) is 18.9 Å². The van der Waals surface area contributed by atoms with E-state index >= 15 is 0 Å². The third kappa shape index (κ3) is 1.27. The Hall–Kier alpha value is 0.0700. The minimum absolute atomic E-state index is 0.313. The van der Waals surface area contributed by atoms with Crippen molar-refractivity contribution >= 4 is 11.3 Å². The van der Waals surface area contributed by atoms with Gasteiger partial charge in [-0.25, -0.2) is 4.31 Å². The number of hydrogen-bond donors (Lipinski definition) is 0. The first-order valence-corrected chi connectivity index (χ1v) is 3.57. The molecule has 1 aliphatic rings. The topological polar surface area (TPSA) is 43.4 Å². The van der Waals surface area contributed by atoms with E-state index in [0.29, 0.717) is 6.04 Å². The van der Waals surface area contributed by atoms with Crippen LogP contribution in [0, 0.1) is 0 Å². The van der Waals surface area contributed by atoms with E-state index in [1.54, 1.807) is 7.05 Å². The molecule has 0 aromatic carbocycles. The molecule has 0 saturated heterocycles. The fourth-order valence-corrected chi connectivity index (χ4v) is 1.01. The summed E-state index contributed by atoms with van der Waals surface area (Å²) in [6.45, 7) is 0. The Morgan fingerprint density at radius 1 is 1.75 bits per heavy atom. The van der Waals surface area contributed by atoms with Gasteiger partial charge in [0.25, 0.3) is 0 Å². The molecule has 4 heteroatoms. The minimum atomic E-state index is -1.99. The molecule has 8 heavy (non-hydrogen) atoms. The average Bonchev–Trinajstić information content (AvgIpc) is 2.43. The van der Waals surface area contributed by atoms with Crippen LogP contribution in [0.4, 0.5) is 0 Å². The monoisotopic (exact) mass is 134 g/mol. The van der Waals surface area contributed by atoms with Gasteiger partial charge in [0.1, 0.15) is 0 Å². The quantitative estimate of drug-likeness (QED) is 0.494. The van der Waals surface area contributed by atoms with E-state index in [2.05, 4.69) is 0 Å². The van der Waals surface area contributed by atoms with Crippen LogP contribution in [0.25, 0.3) is 0 Å². The lowest BCUT2D eigenvalue weighted by atomic mass is 10.7. The lowest BCUT2D eigenvalue weighted by molar-refractivity contribution is 0.429. The van der Waals surface area contributed by atoms with Crippen LogP contribution in [0.3, 0.4) is 0 Å². The van der Waals surface area contributed by atoms with Crippen molar-refractivity contribution in [3.05, 3.63) is 0 Å². The van der Waals surface area contributed by atoms with E-state index in [4.69, 9.17) is 0 Å². The minimum Gasteiger partial charge on any atom is -0.760 e. The molecule has 1 aliphatic carbocycles. The van der Waals surface area contributed by atoms with Crippen molar-refractivity contribution in [1.29, 1.82) is 0 Å². The molecule has 1 rings (SSSR count). The predicted molar refractivity (Wildman–Crippen MR) is 29.7 cm³/mol. The van der Waals surface area contributed by atoms with Crippen molar-refractivity contribution < 1.29 is 8.76 Å². The van der Waals surface area contributed by atoms with Crippen molar-refractivity contribution in [1.82, 2.24) is 4.31 Å². The summed E-state index contributed by atoms with van der Waals surface area (Å²) >= 11 is -1.99. The van der Waals surface area contributed by atoms with Crippen LogP contribution >= 0.6 is 0 Å². The Morgan fingerprint density at radius 3 is 2.38 bits per heavy atom. The van der Waals surface area contributed by atoms with Crippen LogP contribution in [0.15, 0.2) is 0 Å². The molecule has 3 nitrogen and oxygen atoms in total. The summed E-state index contributed by atoms with van der Waals surface area (Å²) < 4.78 is 21.6. The molecular weight excluding hydrogens is 126 g/mol. The Labute approximate surface area is 51.1 Å². The molecule has 0 heterocycles. The fourth-order valence-electron chi connectivity index (χ4n) is 0.560. The second-order valence-electron chi connectivity index (χ2n) is 1.99. The molecule has 0 bridgehead atoms. The van der Waals surface area contributed by atoms with Gasteiger partial charge < -0.3 is 4.55 Å². The van der Waals surface area contributed by atoms with E-state index in [-0.39, 0.29) is 0 Å². The largest absolute Gasteiger partial charge is 0.760 e. The van der Waals surface area contributed by atoms with Gasteiger partial charge in [-0.15, -0.1) is 0 Å². The Bertz CT molecular complexity index is 113. The highest BCUT2D eigenvalue weighted by Crippen LogP contribution is 2.25. The van der Waals surface area contributed by atoms with E-state index in [0.717, 1.165) is 12.8 Å².